The van der Waals surface area contributed by atoms with Gasteiger partial charge in [0.05, 0.1) is 24.5 Å². The quantitative estimate of drug-likeness (QED) is 0.543. The Labute approximate surface area is 159 Å². The van der Waals surface area contributed by atoms with Gasteiger partial charge in [0.1, 0.15) is 5.82 Å². The maximum absolute atomic E-state index is 13.4. The van der Waals surface area contributed by atoms with Crippen molar-refractivity contribution >= 4 is 34.2 Å². The highest BCUT2D eigenvalue weighted by Crippen LogP contribution is 2.30. The molecule has 1 aliphatic rings. The van der Waals surface area contributed by atoms with Gasteiger partial charge in [-0.05, 0) is 54.3 Å². The third-order valence-corrected chi connectivity index (χ3v) is 7.09. The van der Waals surface area contributed by atoms with Crippen molar-refractivity contribution in [2.75, 3.05) is 32.4 Å². The molecule has 1 aliphatic heterocycles. The Hall–Kier alpha value is -1.51. The molecular weight excluding hydrogens is 369 g/mol. The van der Waals surface area contributed by atoms with E-state index in [2.05, 4.69) is 15.5 Å². The Morgan fingerprint density at radius 2 is 1.81 bits per heavy atom. The molecular formula is C19H20FN3OS2. The molecule has 4 rings (SSSR count). The van der Waals surface area contributed by atoms with Crippen molar-refractivity contribution in [1.82, 2.24) is 13.6 Å². The molecule has 1 N–H and O–H groups in total. The van der Waals surface area contributed by atoms with E-state index in [4.69, 9.17) is 0 Å². The first-order valence-corrected chi connectivity index (χ1v) is 10.8. The van der Waals surface area contributed by atoms with Gasteiger partial charge in [-0.3, -0.25) is 0 Å². The van der Waals surface area contributed by atoms with Crippen molar-refractivity contribution in [1.29, 1.82) is 0 Å². The molecule has 0 amide bonds. The number of nitrogens with one attached hydrogen (secondary N) is 1. The molecule has 3 aromatic rings. The lowest BCUT2D eigenvalue weighted by atomic mass is 10.1. The summed E-state index contributed by atoms with van der Waals surface area (Å²) >= 11 is 0.607. The molecule has 4 nitrogen and oxygen atoms in total. The highest BCUT2D eigenvalue weighted by molar-refractivity contribution is 7.96. The van der Waals surface area contributed by atoms with E-state index in [0.717, 1.165) is 53.1 Å². The summed E-state index contributed by atoms with van der Waals surface area (Å²) < 4.78 is 30.5. The van der Waals surface area contributed by atoms with Gasteiger partial charge in [0.15, 0.2) is 4.90 Å². The van der Waals surface area contributed by atoms with E-state index in [9.17, 15) is 8.94 Å². The highest BCUT2D eigenvalue weighted by Gasteiger charge is 2.27. The molecule has 0 aliphatic carbocycles. The maximum atomic E-state index is 13.4. The molecule has 1 saturated heterocycles. The van der Waals surface area contributed by atoms with Gasteiger partial charge in [-0.15, -0.1) is 4.31 Å². The molecule has 2 heterocycles. The fourth-order valence-corrected chi connectivity index (χ4v) is 4.95. The van der Waals surface area contributed by atoms with Gasteiger partial charge in [-0.25, -0.2) is 8.70 Å². The zero-order valence-electron chi connectivity index (χ0n) is 14.4. The zero-order valence-corrected chi connectivity index (χ0v) is 16.1. The van der Waals surface area contributed by atoms with E-state index in [1.54, 1.807) is 18.0 Å². The van der Waals surface area contributed by atoms with Gasteiger partial charge in [0.2, 0.25) is 0 Å². The van der Waals surface area contributed by atoms with E-state index in [1.807, 2.05) is 34.8 Å². The lowest BCUT2D eigenvalue weighted by Gasteiger charge is -2.32. The van der Waals surface area contributed by atoms with Gasteiger partial charge in [0, 0.05) is 35.8 Å². The predicted molar refractivity (Wildman–Crippen MR) is 107 cm³/mol. The zero-order chi connectivity index (χ0) is 18.1. The minimum Gasteiger partial charge on any atom is -0.593 e. The first-order chi connectivity index (χ1) is 12.7. The third-order valence-electron chi connectivity index (χ3n) is 4.70. The number of hydrogen-bond acceptors (Lipinski definition) is 4. The van der Waals surface area contributed by atoms with Crippen molar-refractivity contribution in [3.63, 3.8) is 0 Å². The summed E-state index contributed by atoms with van der Waals surface area (Å²) in [5, 5.41) is 0.980. The molecule has 1 atom stereocenters. The van der Waals surface area contributed by atoms with Crippen molar-refractivity contribution in [2.24, 2.45) is 0 Å². The summed E-state index contributed by atoms with van der Waals surface area (Å²) in [5.74, 6) is -0.252. The number of fused-ring (bicyclic) bond motifs is 1. The predicted octanol–water partition coefficient (Wildman–Crippen LogP) is 3.89. The number of H-pyrrole nitrogens is 1. The summed E-state index contributed by atoms with van der Waals surface area (Å²) in [6, 6.07) is 12.6. The molecule has 1 aromatic heterocycles. The van der Waals surface area contributed by atoms with Crippen molar-refractivity contribution < 1.29 is 8.94 Å². The van der Waals surface area contributed by atoms with Crippen LogP contribution < -0.4 is 0 Å². The summed E-state index contributed by atoms with van der Waals surface area (Å²) in [4.78, 5) is 3.93. The lowest BCUT2D eigenvalue weighted by Crippen LogP contribution is -2.46. The molecule has 0 radical (unpaired) electrons. The average molecular weight is 390 g/mol. The van der Waals surface area contributed by atoms with Gasteiger partial charge >= 0.3 is 0 Å². The second kappa shape index (κ2) is 7.62. The van der Waals surface area contributed by atoms with Gasteiger partial charge in [0.25, 0.3) is 0 Å². The topological polar surface area (TPSA) is 45.3 Å². The summed E-state index contributed by atoms with van der Waals surface area (Å²) in [7, 11) is 0. The largest absolute Gasteiger partial charge is 0.593 e. The van der Waals surface area contributed by atoms with Crippen LogP contribution in [0.4, 0.5) is 4.39 Å². The molecule has 1 fully saturated rings. The molecule has 2 aromatic carbocycles. The highest BCUT2D eigenvalue weighted by atomic mass is 32.2. The molecule has 0 saturated carbocycles. The molecule has 26 heavy (non-hydrogen) atoms. The number of hydrogen-bond donors (Lipinski definition) is 1. The average Bonchev–Trinajstić information content (AvgIpc) is 3.10. The molecule has 0 spiro atoms. The standard InChI is InChI=1S/C19H20FN3OS2/c1-25-22-8-10-23(11-9-22)26(24)16-5-2-14(3-6-16)18-13-21-19-12-15(20)4-7-17(18)19/h2-7,12-13,21H,8-11H2,1H3. The lowest BCUT2D eigenvalue weighted by molar-refractivity contribution is 0.289. The van der Waals surface area contributed by atoms with Crippen LogP contribution in [0.2, 0.25) is 0 Å². The SMILES string of the molecule is CSN1CCN([S+]([O-])c2ccc(-c3c[nH]c4cc(F)ccc34)cc2)CC1. The number of aromatic nitrogens is 1. The first-order valence-electron chi connectivity index (χ1n) is 8.48. The van der Waals surface area contributed by atoms with Crippen molar-refractivity contribution in [3.05, 3.63) is 54.5 Å². The molecule has 136 valence electrons. The van der Waals surface area contributed by atoms with E-state index in [0.29, 0.717) is 0 Å². The smallest absolute Gasteiger partial charge is 0.174 e. The van der Waals surface area contributed by atoms with Crippen LogP contribution in [-0.4, -0.2) is 50.6 Å². The normalized spacial score (nSPS) is 17.7. The Morgan fingerprint density at radius 3 is 2.50 bits per heavy atom. The van der Waals surface area contributed by atoms with Gasteiger partial charge in [-0.1, -0.05) is 11.9 Å². The molecule has 7 heteroatoms. The van der Waals surface area contributed by atoms with E-state index >= 15 is 0 Å². The Morgan fingerprint density at radius 1 is 1.08 bits per heavy atom. The fourth-order valence-electron chi connectivity index (χ4n) is 3.26. The summed E-state index contributed by atoms with van der Waals surface area (Å²) in [6.07, 6.45) is 3.96. The number of rotatable bonds is 4. The van der Waals surface area contributed by atoms with Crippen LogP contribution in [0.5, 0.6) is 0 Å². The second-order valence-electron chi connectivity index (χ2n) is 6.21. The van der Waals surface area contributed by atoms with Crippen LogP contribution >= 0.6 is 11.9 Å². The Bertz CT molecular complexity index is 891. The summed E-state index contributed by atoms with van der Waals surface area (Å²) in [6.45, 7) is 3.47. The number of aromatic amines is 1. The Balaban J connectivity index is 1.53. The van der Waals surface area contributed by atoms with Crippen LogP contribution in [0, 0.1) is 5.82 Å². The number of piperazine rings is 1. The van der Waals surface area contributed by atoms with Crippen LogP contribution in [0.3, 0.4) is 0 Å². The number of halogens is 1. The summed E-state index contributed by atoms with van der Waals surface area (Å²) in [5.41, 5.74) is 2.82. The maximum Gasteiger partial charge on any atom is 0.174 e. The number of nitrogens with zero attached hydrogens (tertiary/aromatic N) is 2. The molecule has 1 unspecified atom stereocenters. The van der Waals surface area contributed by atoms with Crippen LogP contribution in [0.15, 0.2) is 53.6 Å². The minimum absolute atomic E-state index is 0.252. The van der Waals surface area contributed by atoms with E-state index in [1.165, 1.54) is 12.1 Å². The Kier molecular flexibility index (Phi) is 5.24. The monoisotopic (exact) mass is 389 g/mol. The van der Waals surface area contributed by atoms with Crippen molar-refractivity contribution in [2.45, 2.75) is 4.90 Å². The number of benzene rings is 2. The van der Waals surface area contributed by atoms with E-state index in [-0.39, 0.29) is 5.82 Å². The van der Waals surface area contributed by atoms with Gasteiger partial charge in [-0.2, -0.15) is 0 Å². The second-order valence-corrected chi connectivity index (χ2v) is 8.57. The third kappa shape index (κ3) is 3.50. The fraction of sp³-hybridized carbons (Fsp3) is 0.263. The van der Waals surface area contributed by atoms with E-state index < -0.39 is 11.4 Å². The van der Waals surface area contributed by atoms with Crippen molar-refractivity contribution in [3.8, 4) is 11.1 Å². The van der Waals surface area contributed by atoms with Gasteiger partial charge < -0.3 is 9.54 Å². The van der Waals surface area contributed by atoms with Crippen LogP contribution in [-0.2, 0) is 11.4 Å². The first kappa shape index (κ1) is 17.9. The minimum atomic E-state index is -1.13. The molecule has 0 bridgehead atoms. The van der Waals surface area contributed by atoms with Crippen LogP contribution in [0.25, 0.3) is 22.0 Å². The van der Waals surface area contributed by atoms with Crippen LogP contribution in [0.1, 0.15) is 0 Å².